The molecular formula is C18H20N2O4. The molecule has 1 aromatic carbocycles. The fourth-order valence-corrected chi connectivity index (χ4v) is 3.06. The number of hydrogen-bond donors (Lipinski definition) is 0. The minimum atomic E-state index is -0.502. The first-order chi connectivity index (χ1) is 11.4. The summed E-state index contributed by atoms with van der Waals surface area (Å²) in [5, 5.41) is 11.1. The van der Waals surface area contributed by atoms with Crippen LogP contribution in [0.5, 0.6) is 5.75 Å². The van der Waals surface area contributed by atoms with Gasteiger partial charge in [0.15, 0.2) is 12.4 Å². The molecule has 3 rings (SSSR count). The molecule has 1 aliphatic rings. The predicted octanol–water partition coefficient (Wildman–Crippen LogP) is 3.92. The molecule has 0 aliphatic heterocycles. The van der Waals surface area contributed by atoms with Gasteiger partial charge in [0, 0.05) is 29.1 Å². The van der Waals surface area contributed by atoms with Crippen LogP contribution in [0.3, 0.4) is 0 Å². The van der Waals surface area contributed by atoms with Crippen LogP contribution < -0.4 is 4.74 Å². The van der Waals surface area contributed by atoms with Crippen molar-refractivity contribution in [2.75, 3.05) is 6.61 Å². The van der Waals surface area contributed by atoms with Crippen LogP contribution in [0.1, 0.15) is 46.2 Å². The van der Waals surface area contributed by atoms with Gasteiger partial charge in [-0.1, -0.05) is 6.07 Å². The summed E-state index contributed by atoms with van der Waals surface area (Å²) in [6.45, 7) is 5.54. The van der Waals surface area contributed by atoms with Crippen LogP contribution in [-0.4, -0.2) is 21.9 Å². The van der Waals surface area contributed by atoms with Crippen LogP contribution in [0.4, 0.5) is 5.69 Å². The SMILES string of the molecule is Cc1ccc([N+](=O)[O-])c(OCC(=O)c2cc(C)n(C3CC3)c2C)c1. The van der Waals surface area contributed by atoms with Gasteiger partial charge < -0.3 is 9.30 Å². The van der Waals surface area contributed by atoms with Crippen molar-refractivity contribution in [1.29, 1.82) is 0 Å². The number of aromatic nitrogens is 1. The van der Waals surface area contributed by atoms with Crippen molar-refractivity contribution in [3.63, 3.8) is 0 Å². The van der Waals surface area contributed by atoms with E-state index in [2.05, 4.69) is 4.57 Å². The highest BCUT2D eigenvalue weighted by Crippen LogP contribution is 2.38. The summed E-state index contributed by atoms with van der Waals surface area (Å²) in [4.78, 5) is 23.1. The first kappa shape index (κ1) is 16.2. The number of hydrogen-bond acceptors (Lipinski definition) is 4. The van der Waals surface area contributed by atoms with E-state index < -0.39 is 4.92 Å². The number of benzene rings is 1. The standard InChI is InChI=1S/C18H20N2O4/c1-11-4-7-16(20(22)23)18(8-11)24-10-17(21)15-9-12(2)19(13(15)3)14-5-6-14/h4,7-9,14H,5-6,10H2,1-3H3. The summed E-state index contributed by atoms with van der Waals surface area (Å²) in [5.41, 5.74) is 3.36. The first-order valence-electron chi connectivity index (χ1n) is 7.98. The van der Waals surface area contributed by atoms with Crippen molar-refractivity contribution in [2.24, 2.45) is 0 Å². The molecule has 0 bridgehead atoms. The molecule has 0 amide bonds. The Morgan fingerprint density at radius 1 is 1.29 bits per heavy atom. The quantitative estimate of drug-likeness (QED) is 0.457. The minimum Gasteiger partial charge on any atom is -0.478 e. The Kier molecular flexibility index (Phi) is 4.13. The maximum absolute atomic E-state index is 12.5. The lowest BCUT2D eigenvalue weighted by molar-refractivity contribution is -0.385. The van der Waals surface area contributed by atoms with Crippen LogP contribution in [0.25, 0.3) is 0 Å². The van der Waals surface area contributed by atoms with E-state index in [0.717, 1.165) is 29.8 Å². The molecule has 0 atom stereocenters. The van der Waals surface area contributed by atoms with Crippen molar-refractivity contribution in [2.45, 2.75) is 39.7 Å². The molecule has 6 heteroatoms. The molecule has 0 N–H and O–H groups in total. The monoisotopic (exact) mass is 328 g/mol. The minimum absolute atomic E-state index is 0.128. The third-order valence-electron chi connectivity index (χ3n) is 4.37. The summed E-state index contributed by atoms with van der Waals surface area (Å²) in [6, 6.07) is 7.01. The number of nitro benzene ring substituents is 1. The van der Waals surface area contributed by atoms with E-state index in [1.54, 1.807) is 12.1 Å². The van der Waals surface area contributed by atoms with Gasteiger partial charge in [0.05, 0.1) is 4.92 Å². The largest absolute Gasteiger partial charge is 0.478 e. The van der Waals surface area contributed by atoms with E-state index in [4.69, 9.17) is 4.74 Å². The van der Waals surface area contributed by atoms with Crippen molar-refractivity contribution < 1.29 is 14.5 Å². The summed E-state index contributed by atoms with van der Waals surface area (Å²) >= 11 is 0. The number of Topliss-reactive ketones (excluding diaryl/α,β-unsaturated/α-hetero) is 1. The molecular weight excluding hydrogens is 308 g/mol. The maximum Gasteiger partial charge on any atom is 0.310 e. The van der Waals surface area contributed by atoms with Gasteiger partial charge in [-0.2, -0.15) is 0 Å². The summed E-state index contributed by atoms with van der Waals surface area (Å²) < 4.78 is 7.67. The lowest BCUT2D eigenvalue weighted by Gasteiger charge is -2.09. The highest BCUT2D eigenvalue weighted by atomic mass is 16.6. The Hall–Kier alpha value is -2.63. The van der Waals surface area contributed by atoms with E-state index in [1.165, 1.54) is 6.07 Å². The average molecular weight is 328 g/mol. The van der Waals surface area contributed by atoms with Crippen molar-refractivity contribution in [3.05, 3.63) is 56.9 Å². The number of nitro groups is 1. The molecule has 1 aromatic heterocycles. The summed E-state index contributed by atoms with van der Waals surface area (Å²) in [6.07, 6.45) is 2.30. The first-order valence-corrected chi connectivity index (χ1v) is 7.98. The molecule has 1 fully saturated rings. The number of rotatable bonds is 6. The van der Waals surface area contributed by atoms with Gasteiger partial charge in [0.1, 0.15) is 0 Å². The molecule has 2 aromatic rings. The fraction of sp³-hybridized carbons (Fsp3) is 0.389. The van der Waals surface area contributed by atoms with Gasteiger partial charge in [0.25, 0.3) is 0 Å². The molecule has 0 unspecified atom stereocenters. The van der Waals surface area contributed by atoms with Gasteiger partial charge in [-0.15, -0.1) is 0 Å². The zero-order chi connectivity index (χ0) is 17.4. The van der Waals surface area contributed by atoms with Crippen LogP contribution in [0, 0.1) is 30.9 Å². The predicted molar refractivity (Wildman–Crippen MR) is 89.8 cm³/mol. The van der Waals surface area contributed by atoms with E-state index in [1.807, 2.05) is 26.8 Å². The zero-order valence-corrected chi connectivity index (χ0v) is 14.0. The van der Waals surface area contributed by atoms with Gasteiger partial charge in [0.2, 0.25) is 5.78 Å². The lowest BCUT2D eigenvalue weighted by Crippen LogP contribution is -2.13. The number of ether oxygens (including phenoxy) is 1. The Bertz CT molecular complexity index is 819. The fourth-order valence-electron chi connectivity index (χ4n) is 3.06. The van der Waals surface area contributed by atoms with Crippen LogP contribution in [0.2, 0.25) is 0 Å². The normalized spacial score (nSPS) is 13.8. The van der Waals surface area contributed by atoms with E-state index >= 15 is 0 Å². The number of aryl methyl sites for hydroxylation is 2. The Labute approximate surface area is 140 Å². The number of nitrogens with zero attached hydrogens (tertiary/aromatic N) is 2. The smallest absolute Gasteiger partial charge is 0.310 e. The van der Waals surface area contributed by atoms with Gasteiger partial charge in [-0.05, 0) is 51.3 Å². The molecule has 0 radical (unpaired) electrons. The van der Waals surface area contributed by atoms with E-state index in [-0.39, 0.29) is 23.8 Å². The van der Waals surface area contributed by atoms with Gasteiger partial charge in [-0.25, -0.2) is 0 Å². The molecule has 1 saturated carbocycles. The van der Waals surface area contributed by atoms with Gasteiger partial charge >= 0.3 is 5.69 Å². The second-order valence-electron chi connectivity index (χ2n) is 6.33. The van der Waals surface area contributed by atoms with E-state index in [9.17, 15) is 14.9 Å². The molecule has 6 nitrogen and oxygen atoms in total. The summed E-state index contributed by atoms with van der Waals surface area (Å²) in [7, 11) is 0. The highest BCUT2D eigenvalue weighted by molar-refractivity contribution is 5.98. The Morgan fingerprint density at radius 2 is 2.00 bits per heavy atom. The number of carbonyl (C=O) groups is 1. The van der Waals surface area contributed by atoms with Crippen LogP contribution >= 0.6 is 0 Å². The molecule has 24 heavy (non-hydrogen) atoms. The molecule has 0 spiro atoms. The van der Waals surface area contributed by atoms with Gasteiger partial charge in [-0.3, -0.25) is 14.9 Å². The Morgan fingerprint density at radius 3 is 2.62 bits per heavy atom. The second kappa shape index (κ2) is 6.11. The van der Waals surface area contributed by atoms with Crippen molar-refractivity contribution >= 4 is 11.5 Å². The third-order valence-corrected chi connectivity index (χ3v) is 4.37. The van der Waals surface area contributed by atoms with E-state index in [0.29, 0.717) is 11.6 Å². The number of carbonyl (C=O) groups excluding carboxylic acids is 1. The third kappa shape index (κ3) is 3.04. The average Bonchev–Trinajstić information content (AvgIpc) is 3.30. The van der Waals surface area contributed by atoms with Crippen molar-refractivity contribution in [3.8, 4) is 5.75 Å². The second-order valence-corrected chi connectivity index (χ2v) is 6.33. The molecule has 0 saturated heterocycles. The Balaban J connectivity index is 1.78. The molecule has 1 heterocycles. The maximum atomic E-state index is 12.5. The number of ketones is 1. The topological polar surface area (TPSA) is 74.4 Å². The zero-order valence-electron chi connectivity index (χ0n) is 14.0. The molecule has 126 valence electrons. The lowest BCUT2D eigenvalue weighted by atomic mass is 10.1. The molecule has 1 aliphatic carbocycles. The highest BCUT2D eigenvalue weighted by Gasteiger charge is 2.28. The van der Waals surface area contributed by atoms with Crippen LogP contribution in [0.15, 0.2) is 24.3 Å². The van der Waals surface area contributed by atoms with Crippen LogP contribution in [-0.2, 0) is 0 Å². The van der Waals surface area contributed by atoms with Crippen molar-refractivity contribution in [1.82, 2.24) is 4.57 Å². The summed E-state index contributed by atoms with van der Waals surface area (Å²) in [5.74, 6) is -0.0323.